The van der Waals surface area contributed by atoms with E-state index in [2.05, 4.69) is 5.32 Å². The summed E-state index contributed by atoms with van der Waals surface area (Å²) in [4.78, 5) is 38.4. The molecule has 0 aliphatic rings. The summed E-state index contributed by atoms with van der Waals surface area (Å²) in [6, 6.07) is 16.6. The van der Waals surface area contributed by atoms with Crippen molar-refractivity contribution in [2.75, 3.05) is 10.8 Å². The molecule has 0 saturated heterocycles. The fraction of sp³-hybridized carbons (Fsp3) is 0.286. The summed E-state index contributed by atoms with van der Waals surface area (Å²) in [5.74, 6) is -1.83. The fourth-order valence-corrected chi connectivity index (χ4v) is 5.28. The number of hydrogen-bond donors (Lipinski definition) is 1. The maximum Gasteiger partial charge on any atom is 0.269 e. The van der Waals surface area contributed by atoms with E-state index in [4.69, 9.17) is 0 Å². The molecule has 0 saturated carbocycles. The van der Waals surface area contributed by atoms with Crippen LogP contribution < -0.4 is 9.62 Å². The second-order valence-corrected chi connectivity index (χ2v) is 11.1. The molecule has 0 aliphatic carbocycles. The van der Waals surface area contributed by atoms with Gasteiger partial charge in [0.05, 0.1) is 15.5 Å². The number of nitro groups is 1. The molecule has 0 bridgehead atoms. The number of carbonyl (C=O) groups excluding carboxylic acids is 2. The number of anilines is 1. The van der Waals surface area contributed by atoms with Gasteiger partial charge in [-0.05, 0) is 50.6 Å². The number of halogens is 1. The molecular weight excluding hydrogens is 539 g/mol. The van der Waals surface area contributed by atoms with Gasteiger partial charge in [0.1, 0.15) is 18.4 Å². The van der Waals surface area contributed by atoms with E-state index in [0.717, 1.165) is 21.3 Å². The van der Waals surface area contributed by atoms with Gasteiger partial charge in [-0.15, -0.1) is 0 Å². The van der Waals surface area contributed by atoms with Crippen molar-refractivity contribution in [1.82, 2.24) is 10.2 Å². The lowest BCUT2D eigenvalue weighted by molar-refractivity contribution is -0.384. The molecule has 0 fully saturated rings. The predicted molar refractivity (Wildman–Crippen MR) is 148 cm³/mol. The van der Waals surface area contributed by atoms with Gasteiger partial charge in [-0.3, -0.25) is 24.0 Å². The molecule has 3 aromatic rings. The van der Waals surface area contributed by atoms with Gasteiger partial charge in [0.25, 0.3) is 15.7 Å². The van der Waals surface area contributed by atoms with Crippen LogP contribution in [0, 0.1) is 15.9 Å². The number of hydrogen-bond acceptors (Lipinski definition) is 6. The van der Waals surface area contributed by atoms with Crippen LogP contribution in [0.3, 0.4) is 0 Å². The van der Waals surface area contributed by atoms with Crippen LogP contribution in [0.15, 0.2) is 83.8 Å². The Morgan fingerprint density at radius 3 is 2.15 bits per heavy atom. The lowest BCUT2D eigenvalue weighted by Crippen LogP contribution is -2.52. The highest BCUT2D eigenvalue weighted by Crippen LogP contribution is 2.26. The van der Waals surface area contributed by atoms with Gasteiger partial charge in [0, 0.05) is 30.3 Å². The number of rotatable bonds is 12. The quantitative estimate of drug-likeness (QED) is 0.256. The standard InChI is InChI=1S/C28H31FN4O6S/c1-4-20(2)30-28(35)21(3)31(18-22-10-8-9-13-26(22)29)27(34)19-32(23-14-16-24(17-15-23)33(36)37)40(38,39)25-11-6-5-7-12-25/h5-17,20-21H,4,18-19H2,1-3H3,(H,30,35)/t20-,21-/m1/s1. The summed E-state index contributed by atoms with van der Waals surface area (Å²) in [5.41, 5.74) is -0.110. The summed E-state index contributed by atoms with van der Waals surface area (Å²) < 4.78 is 42.8. The molecule has 212 valence electrons. The van der Waals surface area contributed by atoms with Gasteiger partial charge in [0.2, 0.25) is 11.8 Å². The van der Waals surface area contributed by atoms with Crippen LogP contribution in [0.25, 0.3) is 0 Å². The number of sulfonamides is 1. The molecule has 12 heteroatoms. The Morgan fingerprint density at radius 1 is 0.975 bits per heavy atom. The average molecular weight is 571 g/mol. The molecule has 40 heavy (non-hydrogen) atoms. The minimum atomic E-state index is -4.32. The Labute approximate surface area is 232 Å². The molecule has 3 aromatic carbocycles. The lowest BCUT2D eigenvalue weighted by atomic mass is 10.1. The molecule has 2 atom stereocenters. The number of carbonyl (C=O) groups is 2. The van der Waals surface area contributed by atoms with Crippen molar-refractivity contribution in [3.8, 4) is 0 Å². The molecule has 0 aliphatic heterocycles. The highest BCUT2D eigenvalue weighted by Gasteiger charge is 2.33. The lowest BCUT2D eigenvalue weighted by Gasteiger charge is -2.32. The Morgan fingerprint density at radius 2 is 1.57 bits per heavy atom. The number of non-ortho nitro benzene ring substituents is 1. The largest absolute Gasteiger partial charge is 0.352 e. The number of benzene rings is 3. The van der Waals surface area contributed by atoms with Crippen molar-refractivity contribution in [3.63, 3.8) is 0 Å². The van der Waals surface area contributed by atoms with Gasteiger partial charge < -0.3 is 10.2 Å². The zero-order valence-corrected chi connectivity index (χ0v) is 23.2. The van der Waals surface area contributed by atoms with E-state index in [-0.39, 0.29) is 34.4 Å². The number of nitro benzene ring substituents is 1. The SMILES string of the molecule is CC[C@@H](C)NC(=O)[C@@H](C)N(Cc1ccccc1F)C(=O)CN(c1ccc([N+](=O)[O-])cc1)S(=O)(=O)c1ccccc1. The van der Waals surface area contributed by atoms with Gasteiger partial charge in [-0.25, -0.2) is 12.8 Å². The molecule has 2 amide bonds. The van der Waals surface area contributed by atoms with Crippen LogP contribution in [-0.2, 0) is 26.2 Å². The molecule has 0 unspecified atom stereocenters. The van der Waals surface area contributed by atoms with Gasteiger partial charge >= 0.3 is 0 Å². The van der Waals surface area contributed by atoms with Gasteiger partial charge in [-0.2, -0.15) is 0 Å². The Kier molecular flexibility index (Phi) is 9.94. The van der Waals surface area contributed by atoms with Crippen LogP contribution in [0.2, 0.25) is 0 Å². The van der Waals surface area contributed by atoms with E-state index in [1.807, 2.05) is 6.92 Å². The summed E-state index contributed by atoms with van der Waals surface area (Å²) >= 11 is 0. The minimum absolute atomic E-state index is 0.00496. The first-order valence-electron chi connectivity index (χ1n) is 12.6. The topological polar surface area (TPSA) is 130 Å². The van der Waals surface area contributed by atoms with Crippen LogP contribution >= 0.6 is 0 Å². The Hall–Kier alpha value is -4.32. The summed E-state index contributed by atoms with van der Waals surface area (Å²) in [6.45, 7) is 4.13. The molecule has 0 spiro atoms. The van der Waals surface area contributed by atoms with Crippen molar-refractivity contribution in [2.24, 2.45) is 0 Å². The van der Waals surface area contributed by atoms with Crippen LogP contribution in [0.5, 0.6) is 0 Å². The minimum Gasteiger partial charge on any atom is -0.352 e. The molecular formula is C28H31FN4O6S. The second-order valence-electron chi connectivity index (χ2n) is 9.21. The third kappa shape index (κ3) is 7.20. The van der Waals surface area contributed by atoms with E-state index in [1.54, 1.807) is 19.1 Å². The first kappa shape index (κ1) is 30.2. The number of nitrogens with one attached hydrogen (secondary N) is 1. The van der Waals surface area contributed by atoms with E-state index in [1.165, 1.54) is 61.5 Å². The van der Waals surface area contributed by atoms with Crippen LogP contribution in [0.1, 0.15) is 32.8 Å². The number of nitrogens with zero attached hydrogens (tertiary/aromatic N) is 3. The van der Waals surface area contributed by atoms with Crippen molar-refractivity contribution in [2.45, 2.75) is 50.7 Å². The highest BCUT2D eigenvalue weighted by molar-refractivity contribution is 7.92. The smallest absolute Gasteiger partial charge is 0.269 e. The maximum absolute atomic E-state index is 14.6. The maximum atomic E-state index is 14.6. The van der Waals surface area contributed by atoms with E-state index in [9.17, 15) is 32.5 Å². The number of amides is 2. The third-order valence-electron chi connectivity index (χ3n) is 6.43. The predicted octanol–water partition coefficient (Wildman–Crippen LogP) is 4.26. The highest BCUT2D eigenvalue weighted by atomic mass is 32.2. The molecule has 0 radical (unpaired) electrons. The van der Waals surface area contributed by atoms with E-state index < -0.39 is 45.2 Å². The van der Waals surface area contributed by atoms with Gasteiger partial charge in [0.15, 0.2) is 0 Å². The second kappa shape index (κ2) is 13.2. The summed E-state index contributed by atoms with van der Waals surface area (Å²) in [6.07, 6.45) is 0.642. The van der Waals surface area contributed by atoms with Crippen LogP contribution in [0.4, 0.5) is 15.8 Å². The zero-order valence-electron chi connectivity index (χ0n) is 22.4. The van der Waals surface area contributed by atoms with E-state index >= 15 is 0 Å². The van der Waals surface area contributed by atoms with Crippen molar-refractivity contribution >= 4 is 33.2 Å². The van der Waals surface area contributed by atoms with Crippen LogP contribution in [-0.4, -0.2) is 48.7 Å². The van der Waals surface area contributed by atoms with Crippen molar-refractivity contribution in [3.05, 3.63) is 100 Å². The third-order valence-corrected chi connectivity index (χ3v) is 8.21. The fourth-order valence-electron chi connectivity index (χ4n) is 3.85. The monoisotopic (exact) mass is 570 g/mol. The average Bonchev–Trinajstić information content (AvgIpc) is 2.95. The normalized spacial score (nSPS) is 12.7. The summed E-state index contributed by atoms with van der Waals surface area (Å²) in [7, 11) is -4.32. The molecule has 0 heterocycles. The molecule has 10 nitrogen and oxygen atoms in total. The molecule has 3 rings (SSSR count). The van der Waals surface area contributed by atoms with Crippen molar-refractivity contribution < 1.29 is 27.3 Å². The molecule has 1 N–H and O–H groups in total. The van der Waals surface area contributed by atoms with Gasteiger partial charge in [-0.1, -0.05) is 43.3 Å². The van der Waals surface area contributed by atoms with E-state index in [0.29, 0.717) is 6.42 Å². The van der Waals surface area contributed by atoms with Crippen molar-refractivity contribution in [1.29, 1.82) is 0 Å². The summed E-state index contributed by atoms with van der Waals surface area (Å²) in [5, 5.41) is 14.0. The molecule has 0 aromatic heterocycles. The Balaban J connectivity index is 2.04. The zero-order chi connectivity index (χ0) is 29.4. The first-order valence-corrected chi connectivity index (χ1v) is 14.0. The Bertz CT molecular complexity index is 1450. The first-order chi connectivity index (χ1) is 18.9.